The lowest BCUT2D eigenvalue weighted by molar-refractivity contribution is 0.0693. The summed E-state index contributed by atoms with van der Waals surface area (Å²) < 4.78 is 5.56. The number of benzene rings is 2. The van der Waals surface area contributed by atoms with Gasteiger partial charge < -0.3 is 9.84 Å². The van der Waals surface area contributed by atoms with E-state index in [0.717, 1.165) is 4.90 Å². The quantitative estimate of drug-likeness (QED) is 0.601. The van der Waals surface area contributed by atoms with E-state index in [0.29, 0.717) is 33.7 Å². The Balaban J connectivity index is 1.89. The predicted molar refractivity (Wildman–Crippen MR) is 86.1 cm³/mol. The number of carboxylic acid groups (broad SMARTS) is 1. The van der Waals surface area contributed by atoms with Crippen LogP contribution in [0.25, 0.3) is 0 Å². The molecule has 0 amide bonds. The number of hydrogen-bond acceptors (Lipinski definition) is 3. The van der Waals surface area contributed by atoms with Gasteiger partial charge in [-0.05, 0) is 30.3 Å². The molecule has 0 aliphatic rings. The zero-order valence-electron chi connectivity index (χ0n) is 10.9. The minimum Gasteiger partial charge on any atom is -0.491 e. The van der Waals surface area contributed by atoms with Gasteiger partial charge in [0, 0.05) is 15.7 Å². The van der Waals surface area contributed by atoms with Gasteiger partial charge in [0.05, 0.1) is 17.2 Å². The molecule has 0 saturated carbocycles. The van der Waals surface area contributed by atoms with Crippen molar-refractivity contribution in [2.24, 2.45) is 0 Å². The molecule has 0 atom stereocenters. The van der Waals surface area contributed by atoms with Gasteiger partial charge >= 0.3 is 5.97 Å². The summed E-state index contributed by atoms with van der Waals surface area (Å²) in [6.45, 7) is 0.417. The van der Waals surface area contributed by atoms with Crippen molar-refractivity contribution in [2.75, 3.05) is 12.4 Å². The second-order valence-corrected chi connectivity index (χ2v) is 6.05. The van der Waals surface area contributed by atoms with Crippen LogP contribution in [-0.2, 0) is 0 Å². The van der Waals surface area contributed by atoms with Gasteiger partial charge in [-0.25, -0.2) is 4.79 Å². The van der Waals surface area contributed by atoms with Crippen molar-refractivity contribution in [3.8, 4) is 5.75 Å². The molecule has 2 aromatic rings. The molecule has 0 saturated heterocycles. The van der Waals surface area contributed by atoms with E-state index >= 15 is 0 Å². The molecule has 3 nitrogen and oxygen atoms in total. The SMILES string of the molecule is O=C(O)c1ccccc1SCCOc1ccc(Cl)cc1Cl. The first-order chi connectivity index (χ1) is 10.1. The normalized spacial score (nSPS) is 10.4. The highest BCUT2D eigenvalue weighted by Crippen LogP contribution is 2.28. The van der Waals surface area contributed by atoms with Crippen molar-refractivity contribution in [3.63, 3.8) is 0 Å². The molecule has 0 bridgehead atoms. The summed E-state index contributed by atoms with van der Waals surface area (Å²) in [5.74, 6) is 0.247. The third kappa shape index (κ3) is 4.56. The van der Waals surface area contributed by atoms with Gasteiger partial charge in [-0.1, -0.05) is 35.3 Å². The van der Waals surface area contributed by atoms with Gasteiger partial charge in [-0.2, -0.15) is 0 Å². The van der Waals surface area contributed by atoms with Crippen LogP contribution >= 0.6 is 35.0 Å². The molecular weight excluding hydrogens is 331 g/mol. The zero-order chi connectivity index (χ0) is 15.2. The molecule has 2 aromatic carbocycles. The van der Waals surface area contributed by atoms with Crippen molar-refractivity contribution in [1.82, 2.24) is 0 Å². The molecule has 0 aliphatic carbocycles. The van der Waals surface area contributed by atoms with Crippen LogP contribution in [0.5, 0.6) is 5.75 Å². The second-order valence-electron chi connectivity index (χ2n) is 4.07. The number of aromatic carboxylic acids is 1. The maximum Gasteiger partial charge on any atom is 0.336 e. The summed E-state index contributed by atoms with van der Waals surface area (Å²) >= 11 is 13.2. The highest BCUT2D eigenvalue weighted by atomic mass is 35.5. The molecule has 21 heavy (non-hydrogen) atoms. The summed E-state index contributed by atoms with van der Waals surface area (Å²) in [5, 5.41) is 10.1. The maximum absolute atomic E-state index is 11.1. The lowest BCUT2D eigenvalue weighted by Crippen LogP contribution is -2.03. The Labute approximate surface area is 136 Å². The van der Waals surface area contributed by atoms with E-state index in [-0.39, 0.29) is 0 Å². The third-order valence-corrected chi connectivity index (χ3v) is 4.18. The molecule has 0 fully saturated rings. The average Bonchev–Trinajstić information content (AvgIpc) is 2.45. The number of carbonyl (C=O) groups is 1. The van der Waals surface area contributed by atoms with Crippen molar-refractivity contribution in [3.05, 3.63) is 58.1 Å². The zero-order valence-corrected chi connectivity index (χ0v) is 13.2. The lowest BCUT2D eigenvalue weighted by atomic mass is 10.2. The van der Waals surface area contributed by atoms with Gasteiger partial charge in [-0.15, -0.1) is 11.8 Å². The number of thioether (sulfide) groups is 1. The first kappa shape index (κ1) is 16.0. The molecule has 2 rings (SSSR count). The number of hydrogen-bond donors (Lipinski definition) is 1. The Kier molecular flexibility index (Phi) is 5.79. The Morgan fingerprint density at radius 1 is 1.19 bits per heavy atom. The van der Waals surface area contributed by atoms with Crippen molar-refractivity contribution >= 4 is 40.9 Å². The topological polar surface area (TPSA) is 46.5 Å². The van der Waals surface area contributed by atoms with Gasteiger partial charge in [0.15, 0.2) is 0 Å². The Morgan fingerprint density at radius 3 is 2.67 bits per heavy atom. The fourth-order valence-corrected chi connectivity index (χ4v) is 3.00. The van der Waals surface area contributed by atoms with E-state index in [1.807, 2.05) is 6.07 Å². The third-order valence-electron chi connectivity index (χ3n) is 2.61. The van der Waals surface area contributed by atoms with Crippen LogP contribution in [0, 0.1) is 0 Å². The van der Waals surface area contributed by atoms with Crippen molar-refractivity contribution in [1.29, 1.82) is 0 Å². The minimum atomic E-state index is -0.931. The first-order valence-electron chi connectivity index (χ1n) is 6.11. The highest BCUT2D eigenvalue weighted by Gasteiger charge is 2.09. The predicted octanol–water partition coefficient (Wildman–Crippen LogP) is 4.86. The largest absolute Gasteiger partial charge is 0.491 e. The Bertz CT molecular complexity index is 647. The monoisotopic (exact) mass is 342 g/mol. The van der Waals surface area contributed by atoms with Gasteiger partial charge in [0.1, 0.15) is 5.75 Å². The van der Waals surface area contributed by atoms with Gasteiger partial charge in [0.2, 0.25) is 0 Å². The average molecular weight is 343 g/mol. The summed E-state index contributed by atoms with van der Waals surface area (Å²) in [6, 6.07) is 11.9. The summed E-state index contributed by atoms with van der Waals surface area (Å²) in [6.07, 6.45) is 0. The van der Waals surface area contributed by atoms with Crippen LogP contribution in [0.1, 0.15) is 10.4 Å². The molecule has 0 spiro atoms. The molecule has 1 N–H and O–H groups in total. The number of ether oxygens (including phenoxy) is 1. The summed E-state index contributed by atoms with van der Waals surface area (Å²) in [4.78, 5) is 11.8. The van der Waals surface area contributed by atoms with E-state index in [1.165, 1.54) is 11.8 Å². The molecule has 0 aliphatic heterocycles. The van der Waals surface area contributed by atoms with E-state index in [2.05, 4.69) is 0 Å². The van der Waals surface area contributed by atoms with Crippen LogP contribution in [0.2, 0.25) is 10.0 Å². The van der Waals surface area contributed by atoms with E-state index < -0.39 is 5.97 Å². The molecule has 110 valence electrons. The van der Waals surface area contributed by atoms with E-state index in [4.69, 9.17) is 33.0 Å². The van der Waals surface area contributed by atoms with Crippen LogP contribution < -0.4 is 4.74 Å². The van der Waals surface area contributed by atoms with E-state index in [1.54, 1.807) is 36.4 Å². The highest BCUT2D eigenvalue weighted by molar-refractivity contribution is 7.99. The van der Waals surface area contributed by atoms with Crippen molar-refractivity contribution < 1.29 is 14.6 Å². The second kappa shape index (κ2) is 7.59. The lowest BCUT2D eigenvalue weighted by Gasteiger charge is -2.09. The number of halogens is 2. The standard InChI is InChI=1S/C15H12Cl2O3S/c16-10-5-6-13(12(17)9-10)20-7-8-21-14-4-2-1-3-11(14)15(18)19/h1-6,9H,7-8H2,(H,18,19). The smallest absolute Gasteiger partial charge is 0.336 e. The number of rotatable bonds is 6. The minimum absolute atomic E-state index is 0.298. The van der Waals surface area contributed by atoms with Crippen LogP contribution in [-0.4, -0.2) is 23.4 Å². The molecular formula is C15H12Cl2O3S. The summed E-state index contributed by atoms with van der Waals surface area (Å²) in [5.41, 5.74) is 0.298. The number of carboxylic acids is 1. The molecule has 0 aromatic heterocycles. The van der Waals surface area contributed by atoms with Crippen molar-refractivity contribution in [2.45, 2.75) is 4.90 Å². The molecule has 0 radical (unpaired) electrons. The van der Waals surface area contributed by atoms with Gasteiger partial charge in [-0.3, -0.25) is 0 Å². The maximum atomic E-state index is 11.1. The van der Waals surface area contributed by atoms with Crippen LogP contribution in [0.15, 0.2) is 47.4 Å². The molecule has 6 heteroatoms. The van der Waals surface area contributed by atoms with Crippen LogP contribution in [0.3, 0.4) is 0 Å². The molecule has 0 heterocycles. The fourth-order valence-electron chi connectivity index (χ4n) is 1.66. The van der Waals surface area contributed by atoms with Crippen LogP contribution in [0.4, 0.5) is 0 Å². The van der Waals surface area contributed by atoms with E-state index in [9.17, 15) is 4.79 Å². The fraction of sp³-hybridized carbons (Fsp3) is 0.133. The van der Waals surface area contributed by atoms with Gasteiger partial charge in [0.25, 0.3) is 0 Å². The Morgan fingerprint density at radius 2 is 1.95 bits per heavy atom. The first-order valence-corrected chi connectivity index (χ1v) is 7.85. The molecule has 0 unspecified atom stereocenters. The summed E-state index contributed by atoms with van der Waals surface area (Å²) in [7, 11) is 0. The Hall–Kier alpha value is -1.36.